The first-order chi connectivity index (χ1) is 9.06. The molecule has 0 aliphatic heterocycles. The molecular formula is C14H12F2N2O. The van der Waals surface area contributed by atoms with E-state index < -0.39 is 11.6 Å². The Balaban J connectivity index is 2.04. The van der Waals surface area contributed by atoms with Crippen LogP contribution in [0.1, 0.15) is 11.1 Å². The molecule has 0 atom stereocenters. The monoisotopic (exact) mass is 262 g/mol. The maximum atomic E-state index is 13.3. The zero-order chi connectivity index (χ0) is 13.8. The Hall–Kier alpha value is -2.43. The molecule has 0 radical (unpaired) electrons. The first-order valence-corrected chi connectivity index (χ1v) is 5.57. The lowest BCUT2D eigenvalue weighted by molar-refractivity contribution is 0.289. The minimum Gasteiger partial charge on any atom is -0.486 e. The minimum absolute atomic E-state index is 0.00274. The second-order valence-electron chi connectivity index (χ2n) is 3.97. The van der Waals surface area contributed by atoms with E-state index in [2.05, 4.69) is 0 Å². The molecule has 0 unspecified atom stereocenters. The van der Waals surface area contributed by atoms with Gasteiger partial charge in [-0.25, -0.2) is 8.78 Å². The van der Waals surface area contributed by atoms with E-state index in [-0.39, 0.29) is 18.2 Å². The molecule has 0 bridgehead atoms. The lowest BCUT2D eigenvalue weighted by Gasteiger charge is -2.08. The highest BCUT2D eigenvalue weighted by Gasteiger charge is 2.05. The van der Waals surface area contributed by atoms with Gasteiger partial charge in [-0.05, 0) is 17.7 Å². The number of amidine groups is 1. The van der Waals surface area contributed by atoms with Crippen LogP contribution >= 0.6 is 0 Å². The molecule has 0 aliphatic carbocycles. The van der Waals surface area contributed by atoms with Crippen molar-refractivity contribution in [3.8, 4) is 5.75 Å². The van der Waals surface area contributed by atoms with Gasteiger partial charge in [0.05, 0.1) is 0 Å². The Bertz CT molecular complexity index is 597. The quantitative estimate of drug-likeness (QED) is 0.657. The number of nitrogens with one attached hydrogen (secondary N) is 1. The number of hydrogen-bond acceptors (Lipinski definition) is 2. The van der Waals surface area contributed by atoms with Crippen LogP contribution in [0.3, 0.4) is 0 Å². The Labute approximate surface area is 109 Å². The van der Waals surface area contributed by atoms with E-state index in [9.17, 15) is 8.78 Å². The van der Waals surface area contributed by atoms with Gasteiger partial charge in [0.15, 0.2) is 11.6 Å². The fourth-order valence-corrected chi connectivity index (χ4v) is 1.53. The maximum Gasteiger partial charge on any atom is 0.167 e. The van der Waals surface area contributed by atoms with Crippen LogP contribution in [0.5, 0.6) is 5.75 Å². The summed E-state index contributed by atoms with van der Waals surface area (Å²) in [7, 11) is 0. The second-order valence-corrected chi connectivity index (χ2v) is 3.97. The van der Waals surface area contributed by atoms with Gasteiger partial charge >= 0.3 is 0 Å². The highest BCUT2D eigenvalue weighted by molar-refractivity contribution is 5.94. The standard InChI is InChI=1S/C14H12F2N2O/c15-11-5-6-13(12(16)7-11)19-8-9-1-3-10(4-2-9)14(17)18/h1-7H,8H2,(H3,17,18). The number of nitrogen functional groups attached to an aromatic ring is 1. The summed E-state index contributed by atoms with van der Waals surface area (Å²) in [6, 6.07) is 9.99. The molecule has 19 heavy (non-hydrogen) atoms. The van der Waals surface area contributed by atoms with E-state index in [0.29, 0.717) is 5.56 Å². The molecule has 0 spiro atoms. The summed E-state index contributed by atoms with van der Waals surface area (Å²) in [5, 5.41) is 7.25. The van der Waals surface area contributed by atoms with Gasteiger partial charge in [0.1, 0.15) is 18.3 Å². The molecule has 0 saturated heterocycles. The van der Waals surface area contributed by atoms with Gasteiger partial charge in [-0.2, -0.15) is 0 Å². The summed E-state index contributed by atoms with van der Waals surface area (Å²) in [5.41, 5.74) is 6.74. The molecule has 0 heterocycles. The average molecular weight is 262 g/mol. The van der Waals surface area contributed by atoms with Crippen molar-refractivity contribution >= 4 is 5.84 Å². The lowest BCUT2D eigenvalue weighted by Crippen LogP contribution is -2.10. The molecule has 2 aromatic rings. The van der Waals surface area contributed by atoms with Crippen molar-refractivity contribution in [2.45, 2.75) is 6.61 Å². The van der Waals surface area contributed by atoms with Gasteiger partial charge in [0, 0.05) is 11.6 Å². The third kappa shape index (κ3) is 3.28. The number of halogens is 2. The summed E-state index contributed by atoms with van der Waals surface area (Å²) in [4.78, 5) is 0. The van der Waals surface area contributed by atoms with Gasteiger partial charge in [0.25, 0.3) is 0 Å². The molecule has 3 N–H and O–H groups in total. The van der Waals surface area contributed by atoms with Crippen molar-refractivity contribution in [3.05, 3.63) is 65.2 Å². The summed E-state index contributed by atoms with van der Waals surface area (Å²) >= 11 is 0. The molecule has 0 fully saturated rings. The first-order valence-electron chi connectivity index (χ1n) is 5.57. The van der Waals surface area contributed by atoms with Crippen LogP contribution < -0.4 is 10.5 Å². The lowest BCUT2D eigenvalue weighted by atomic mass is 10.1. The van der Waals surface area contributed by atoms with Crippen LogP contribution in [0, 0.1) is 17.0 Å². The molecule has 0 aliphatic rings. The maximum absolute atomic E-state index is 13.3. The van der Waals surface area contributed by atoms with Crippen molar-refractivity contribution < 1.29 is 13.5 Å². The smallest absolute Gasteiger partial charge is 0.167 e. The Morgan fingerprint density at radius 1 is 1.11 bits per heavy atom. The third-order valence-corrected chi connectivity index (χ3v) is 2.55. The topological polar surface area (TPSA) is 59.1 Å². The van der Waals surface area contributed by atoms with E-state index in [0.717, 1.165) is 17.7 Å². The van der Waals surface area contributed by atoms with Crippen LogP contribution in [-0.2, 0) is 6.61 Å². The number of nitrogens with two attached hydrogens (primary N) is 1. The predicted molar refractivity (Wildman–Crippen MR) is 68.1 cm³/mol. The number of ether oxygens (including phenoxy) is 1. The van der Waals surface area contributed by atoms with Crippen LogP contribution in [0.4, 0.5) is 8.78 Å². The molecule has 5 heteroatoms. The van der Waals surface area contributed by atoms with Crippen molar-refractivity contribution in [1.29, 1.82) is 5.41 Å². The van der Waals surface area contributed by atoms with E-state index in [4.69, 9.17) is 15.9 Å². The van der Waals surface area contributed by atoms with Gasteiger partial charge < -0.3 is 10.5 Å². The zero-order valence-corrected chi connectivity index (χ0v) is 9.99. The van der Waals surface area contributed by atoms with E-state index in [1.165, 1.54) is 6.07 Å². The summed E-state index contributed by atoms with van der Waals surface area (Å²) in [6.45, 7) is 0.154. The van der Waals surface area contributed by atoms with Crippen molar-refractivity contribution in [2.24, 2.45) is 5.73 Å². The minimum atomic E-state index is -0.736. The van der Waals surface area contributed by atoms with Crippen LogP contribution in [0.15, 0.2) is 42.5 Å². The van der Waals surface area contributed by atoms with Crippen molar-refractivity contribution in [1.82, 2.24) is 0 Å². The second kappa shape index (κ2) is 5.48. The SMILES string of the molecule is N=C(N)c1ccc(COc2ccc(F)cc2F)cc1. The molecule has 0 saturated carbocycles. The third-order valence-electron chi connectivity index (χ3n) is 2.55. The fourth-order valence-electron chi connectivity index (χ4n) is 1.53. The highest BCUT2D eigenvalue weighted by atomic mass is 19.1. The van der Waals surface area contributed by atoms with Crippen LogP contribution in [-0.4, -0.2) is 5.84 Å². The molecule has 3 nitrogen and oxygen atoms in total. The Morgan fingerprint density at radius 2 is 1.79 bits per heavy atom. The molecule has 2 aromatic carbocycles. The van der Waals surface area contributed by atoms with E-state index in [1.54, 1.807) is 24.3 Å². The zero-order valence-electron chi connectivity index (χ0n) is 9.99. The van der Waals surface area contributed by atoms with Crippen molar-refractivity contribution in [3.63, 3.8) is 0 Å². The molecular weight excluding hydrogens is 250 g/mol. The van der Waals surface area contributed by atoms with E-state index in [1.807, 2.05) is 0 Å². The summed E-state index contributed by atoms with van der Waals surface area (Å²) in [6.07, 6.45) is 0. The number of benzene rings is 2. The highest BCUT2D eigenvalue weighted by Crippen LogP contribution is 2.19. The molecule has 98 valence electrons. The van der Waals surface area contributed by atoms with Crippen LogP contribution in [0.2, 0.25) is 0 Å². The molecule has 0 aromatic heterocycles. The molecule has 2 rings (SSSR count). The number of rotatable bonds is 4. The average Bonchev–Trinajstić information content (AvgIpc) is 2.38. The summed E-state index contributed by atoms with van der Waals surface area (Å²) < 4.78 is 31.3. The van der Waals surface area contributed by atoms with Gasteiger partial charge in [-0.15, -0.1) is 0 Å². The fraction of sp³-hybridized carbons (Fsp3) is 0.0714. The van der Waals surface area contributed by atoms with Crippen LogP contribution in [0.25, 0.3) is 0 Å². The van der Waals surface area contributed by atoms with Gasteiger partial charge in [-0.1, -0.05) is 24.3 Å². The normalized spacial score (nSPS) is 10.2. The Kier molecular flexibility index (Phi) is 3.75. The van der Waals surface area contributed by atoms with Gasteiger partial charge in [0.2, 0.25) is 0 Å². The molecule has 0 amide bonds. The predicted octanol–water partition coefficient (Wildman–Crippen LogP) is 2.83. The largest absolute Gasteiger partial charge is 0.486 e. The first kappa shape index (κ1) is 13.0. The van der Waals surface area contributed by atoms with Crippen molar-refractivity contribution in [2.75, 3.05) is 0 Å². The summed E-state index contributed by atoms with van der Waals surface area (Å²) in [5.74, 6) is -1.40. The van der Waals surface area contributed by atoms with E-state index >= 15 is 0 Å². The Morgan fingerprint density at radius 3 is 2.37 bits per heavy atom. The number of hydrogen-bond donors (Lipinski definition) is 2. The van der Waals surface area contributed by atoms with Gasteiger partial charge in [-0.3, -0.25) is 5.41 Å².